The molecule has 9 heavy (non-hydrogen) atoms. The summed E-state index contributed by atoms with van der Waals surface area (Å²) in [7, 11) is 0. The Kier molecular flexibility index (Phi) is 4.43. The monoisotopic (exact) mass is 132 g/mol. The highest BCUT2D eigenvalue weighted by molar-refractivity contribution is 5.69. The molecule has 0 rings (SSSR count). The van der Waals surface area contributed by atoms with E-state index in [-0.39, 0.29) is 6.42 Å². The van der Waals surface area contributed by atoms with E-state index in [9.17, 15) is 0 Å². The molecule has 0 aliphatic heterocycles. The lowest BCUT2D eigenvalue weighted by Gasteiger charge is -1.94. The van der Waals surface area contributed by atoms with Crippen LogP contribution in [0.1, 0.15) is 6.42 Å². The van der Waals surface area contributed by atoms with Gasteiger partial charge in [-0.25, -0.2) is 0 Å². The van der Waals surface area contributed by atoms with Gasteiger partial charge in [0.2, 0.25) is 0 Å². The van der Waals surface area contributed by atoms with Crippen molar-refractivity contribution in [3.8, 4) is 0 Å². The number of hydrogen-bond acceptors (Lipinski definition) is 5. The second-order valence-electron chi connectivity index (χ2n) is 1.37. The van der Waals surface area contributed by atoms with Crippen molar-refractivity contribution in [1.82, 2.24) is 0 Å². The van der Waals surface area contributed by atoms with Crippen molar-refractivity contribution in [1.29, 1.82) is 0 Å². The zero-order valence-corrected chi connectivity index (χ0v) is 4.68. The smallest absolute Gasteiger partial charge is 0.0974 e. The lowest BCUT2D eigenvalue weighted by molar-refractivity contribution is 0.242. The Morgan fingerprint density at radius 3 is 2.44 bits per heavy atom. The molecule has 0 fully saturated rings. The van der Waals surface area contributed by atoms with Gasteiger partial charge in [0.1, 0.15) is 0 Å². The summed E-state index contributed by atoms with van der Waals surface area (Å²) in [5.41, 5.74) is 0. The molecule has 3 N–H and O–H groups in total. The number of nitrogens with zero attached hydrogens (tertiary/aromatic N) is 2. The fourth-order valence-electron chi connectivity index (χ4n) is 0.293. The maximum Gasteiger partial charge on any atom is 0.0974 e. The zero-order valence-electron chi connectivity index (χ0n) is 4.68. The predicted molar refractivity (Wildman–Crippen MR) is 31.2 cm³/mol. The van der Waals surface area contributed by atoms with Gasteiger partial charge in [-0.3, -0.25) is 0 Å². The van der Waals surface area contributed by atoms with Gasteiger partial charge < -0.3 is 15.5 Å². The third-order valence-corrected chi connectivity index (χ3v) is 0.667. The molecule has 0 bridgehead atoms. The fourth-order valence-corrected chi connectivity index (χ4v) is 0.293. The summed E-state index contributed by atoms with van der Waals surface area (Å²) < 4.78 is 0. The molecule has 0 aromatic heterocycles. The van der Waals surface area contributed by atoms with Crippen LogP contribution >= 0.6 is 0 Å². The third-order valence-electron chi connectivity index (χ3n) is 0.667. The van der Waals surface area contributed by atoms with E-state index in [1.54, 1.807) is 0 Å². The molecule has 0 heterocycles. The SMILES string of the molecule is ON=CCC(O)C=NO. The minimum Gasteiger partial charge on any atom is -0.411 e. The van der Waals surface area contributed by atoms with Crippen LogP contribution in [0.2, 0.25) is 0 Å². The second-order valence-corrected chi connectivity index (χ2v) is 1.37. The molecular formula is C4H8N2O3. The summed E-state index contributed by atoms with van der Waals surface area (Å²) in [6, 6.07) is 0. The molecular weight excluding hydrogens is 124 g/mol. The van der Waals surface area contributed by atoms with E-state index in [1.807, 2.05) is 0 Å². The van der Waals surface area contributed by atoms with Gasteiger partial charge in [0.25, 0.3) is 0 Å². The summed E-state index contributed by atoms with van der Waals surface area (Å²) in [6.45, 7) is 0. The maximum absolute atomic E-state index is 8.67. The molecule has 0 aromatic carbocycles. The molecule has 0 amide bonds. The molecule has 5 heteroatoms. The number of aliphatic hydroxyl groups is 1. The lowest BCUT2D eigenvalue weighted by Crippen LogP contribution is -2.07. The first-order chi connectivity index (χ1) is 4.31. The molecule has 5 nitrogen and oxygen atoms in total. The number of rotatable bonds is 3. The van der Waals surface area contributed by atoms with Crippen molar-refractivity contribution in [2.75, 3.05) is 0 Å². The molecule has 1 unspecified atom stereocenters. The minimum atomic E-state index is -0.883. The van der Waals surface area contributed by atoms with Gasteiger partial charge in [0.15, 0.2) is 0 Å². The van der Waals surface area contributed by atoms with E-state index in [2.05, 4.69) is 10.3 Å². The van der Waals surface area contributed by atoms with E-state index in [1.165, 1.54) is 0 Å². The molecule has 0 aromatic rings. The van der Waals surface area contributed by atoms with Crippen LogP contribution in [0, 0.1) is 0 Å². The molecule has 0 radical (unpaired) electrons. The Hall–Kier alpha value is -1.10. The van der Waals surface area contributed by atoms with Crippen molar-refractivity contribution in [3.05, 3.63) is 0 Å². The molecule has 0 aliphatic rings. The van der Waals surface area contributed by atoms with Gasteiger partial charge in [-0.15, -0.1) is 5.16 Å². The minimum absolute atomic E-state index is 0.139. The average molecular weight is 132 g/mol. The number of oxime groups is 2. The van der Waals surface area contributed by atoms with Crippen molar-refractivity contribution in [2.24, 2.45) is 10.3 Å². The highest BCUT2D eigenvalue weighted by Crippen LogP contribution is 1.82. The fraction of sp³-hybridized carbons (Fsp3) is 0.500. The van der Waals surface area contributed by atoms with Crippen molar-refractivity contribution >= 4 is 12.4 Å². The van der Waals surface area contributed by atoms with Gasteiger partial charge in [0, 0.05) is 12.6 Å². The topological polar surface area (TPSA) is 85.4 Å². The van der Waals surface area contributed by atoms with Crippen LogP contribution in [0.4, 0.5) is 0 Å². The third kappa shape index (κ3) is 4.76. The molecule has 0 aliphatic carbocycles. The van der Waals surface area contributed by atoms with Crippen molar-refractivity contribution < 1.29 is 15.5 Å². The van der Waals surface area contributed by atoms with Crippen LogP contribution in [-0.4, -0.2) is 34.1 Å². The molecule has 0 saturated carbocycles. The number of hydrogen-bond donors (Lipinski definition) is 3. The molecule has 0 saturated heterocycles. The van der Waals surface area contributed by atoms with Crippen LogP contribution in [0.3, 0.4) is 0 Å². The van der Waals surface area contributed by atoms with E-state index >= 15 is 0 Å². The van der Waals surface area contributed by atoms with E-state index in [0.717, 1.165) is 12.4 Å². The predicted octanol–water partition coefficient (Wildman–Crippen LogP) is -0.343. The van der Waals surface area contributed by atoms with E-state index < -0.39 is 6.10 Å². The van der Waals surface area contributed by atoms with Crippen LogP contribution in [0.15, 0.2) is 10.3 Å². The normalized spacial score (nSPS) is 15.2. The largest absolute Gasteiger partial charge is 0.411 e. The quantitative estimate of drug-likeness (QED) is 0.279. The Labute approximate surface area is 51.9 Å². The highest BCUT2D eigenvalue weighted by atomic mass is 16.4. The average Bonchev–Trinajstić information content (AvgIpc) is 1.85. The Balaban J connectivity index is 3.37. The first-order valence-corrected chi connectivity index (χ1v) is 2.32. The van der Waals surface area contributed by atoms with Gasteiger partial charge in [-0.05, 0) is 0 Å². The van der Waals surface area contributed by atoms with E-state index in [0.29, 0.717) is 0 Å². The molecule has 0 spiro atoms. The summed E-state index contributed by atoms with van der Waals surface area (Å²) in [4.78, 5) is 0. The van der Waals surface area contributed by atoms with Crippen LogP contribution in [0.5, 0.6) is 0 Å². The Bertz CT molecular complexity index is 112. The van der Waals surface area contributed by atoms with Gasteiger partial charge in [0.05, 0.1) is 12.3 Å². The van der Waals surface area contributed by atoms with Crippen LogP contribution in [0.25, 0.3) is 0 Å². The van der Waals surface area contributed by atoms with Gasteiger partial charge >= 0.3 is 0 Å². The first kappa shape index (κ1) is 7.90. The standard InChI is InChI=1S/C4H8N2O3/c7-4(3-6-9)1-2-5-8/h2-4,7-9H,1H2. The van der Waals surface area contributed by atoms with Crippen LogP contribution < -0.4 is 0 Å². The van der Waals surface area contributed by atoms with Crippen molar-refractivity contribution in [2.45, 2.75) is 12.5 Å². The Morgan fingerprint density at radius 2 is 2.00 bits per heavy atom. The summed E-state index contributed by atoms with van der Waals surface area (Å²) in [6.07, 6.45) is 1.29. The van der Waals surface area contributed by atoms with Crippen molar-refractivity contribution in [3.63, 3.8) is 0 Å². The van der Waals surface area contributed by atoms with Gasteiger partial charge in [-0.2, -0.15) is 0 Å². The summed E-state index contributed by atoms with van der Waals surface area (Å²) >= 11 is 0. The second kappa shape index (κ2) is 5.04. The van der Waals surface area contributed by atoms with Gasteiger partial charge in [-0.1, -0.05) is 5.16 Å². The lowest BCUT2D eigenvalue weighted by atomic mass is 10.3. The maximum atomic E-state index is 8.67. The van der Waals surface area contributed by atoms with Crippen LogP contribution in [-0.2, 0) is 0 Å². The highest BCUT2D eigenvalue weighted by Gasteiger charge is 1.94. The first-order valence-electron chi connectivity index (χ1n) is 2.32. The summed E-state index contributed by atoms with van der Waals surface area (Å²) in [5, 5.41) is 29.5. The molecule has 52 valence electrons. The summed E-state index contributed by atoms with van der Waals surface area (Å²) in [5.74, 6) is 0. The zero-order chi connectivity index (χ0) is 7.11. The molecule has 1 atom stereocenters. The Morgan fingerprint density at radius 1 is 1.33 bits per heavy atom. The van der Waals surface area contributed by atoms with E-state index in [4.69, 9.17) is 15.5 Å². The number of aliphatic hydroxyl groups excluding tert-OH is 1.